The smallest absolute Gasteiger partial charge is 0.295 e. The number of hydrogen-bond acceptors (Lipinski definition) is 4. The van der Waals surface area contributed by atoms with Gasteiger partial charge in [-0.1, -0.05) is 6.07 Å². The third kappa shape index (κ3) is 4.64. The molecule has 6 nitrogen and oxygen atoms in total. The zero-order valence-corrected chi connectivity index (χ0v) is 16.6. The summed E-state index contributed by atoms with van der Waals surface area (Å²) < 4.78 is 36.7. The van der Waals surface area contributed by atoms with E-state index in [4.69, 9.17) is 9.47 Å². The molecule has 0 aliphatic heterocycles. The van der Waals surface area contributed by atoms with E-state index in [1.54, 1.807) is 25.3 Å². The molecule has 0 fully saturated rings. The van der Waals surface area contributed by atoms with Crippen molar-refractivity contribution in [2.24, 2.45) is 0 Å². The molecule has 2 N–H and O–H groups in total. The molecule has 0 aliphatic carbocycles. The third-order valence-electron chi connectivity index (χ3n) is 4.37. The van der Waals surface area contributed by atoms with Crippen LogP contribution in [0.15, 0.2) is 36.4 Å². The standard InChI is InChI=1S/C21H23F2N3O3/c1-11(2)29-17-8-6-13(10-18(17)28-4)12(3)24-21(27)14-5-7-15-16(9-14)26-20(25-15)19(22)23/h5-12,19H,1-4H3,(H,24,27)(H,25,26). The second-order valence-corrected chi connectivity index (χ2v) is 6.93. The molecule has 29 heavy (non-hydrogen) atoms. The minimum Gasteiger partial charge on any atom is -0.493 e. The summed E-state index contributed by atoms with van der Waals surface area (Å²) in [6.45, 7) is 5.70. The van der Waals surface area contributed by atoms with E-state index in [1.807, 2.05) is 32.9 Å². The van der Waals surface area contributed by atoms with Crippen molar-refractivity contribution >= 4 is 16.9 Å². The lowest BCUT2D eigenvalue weighted by atomic mass is 10.1. The van der Waals surface area contributed by atoms with E-state index in [0.29, 0.717) is 28.1 Å². The van der Waals surface area contributed by atoms with Gasteiger partial charge in [0.2, 0.25) is 0 Å². The highest BCUT2D eigenvalue weighted by molar-refractivity contribution is 5.97. The van der Waals surface area contributed by atoms with Crippen LogP contribution in [0, 0.1) is 0 Å². The van der Waals surface area contributed by atoms with Crippen molar-refractivity contribution in [1.29, 1.82) is 0 Å². The fourth-order valence-electron chi connectivity index (χ4n) is 2.94. The maximum absolute atomic E-state index is 12.8. The number of carbonyl (C=O) groups excluding carboxylic acids is 1. The van der Waals surface area contributed by atoms with Gasteiger partial charge in [-0.05, 0) is 56.7 Å². The summed E-state index contributed by atoms with van der Waals surface area (Å²) >= 11 is 0. The number of hydrogen-bond donors (Lipinski definition) is 2. The number of methoxy groups -OCH3 is 1. The summed E-state index contributed by atoms with van der Waals surface area (Å²) in [6, 6.07) is 9.78. The average Bonchev–Trinajstić information content (AvgIpc) is 3.11. The van der Waals surface area contributed by atoms with E-state index in [9.17, 15) is 13.6 Å². The summed E-state index contributed by atoms with van der Waals surface area (Å²) in [5, 5.41) is 2.90. The number of ether oxygens (including phenoxy) is 2. The van der Waals surface area contributed by atoms with Crippen LogP contribution < -0.4 is 14.8 Å². The molecule has 0 saturated heterocycles. The Balaban J connectivity index is 1.77. The third-order valence-corrected chi connectivity index (χ3v) is 4.37. The first kappa shape index (κ1) is 20.6. The number of carbonyl (C=O) groups is 1. The number of aromatic nitrogens is 2. The zero-order valence-electron chi connectivity index (χ0n) is 16.6. The SMILES string of the molecule is COc1cc(C(C)NC(=O)c2ccc3nc(C(F)F)[nH]c3c2)ccc1OC(C)C. The molecule has 2 aromatic carbocycles. The molecule has 1 amide bonds. The van der Waals surface area contributed by atoms with E-state index in [2.05, 4.69) is 15.3 Å². The number of alkyl halides is 2. The van der Waals surface area contributed by atoms with Gasteiger partial charge in [-0.2, -0.15) is 0 Å². The van der Waals surface area contributed by atoms with Crippen LogP contribution in [-0.4, -0.2) is 29.1 Å². The Labute approximate surface area is 167 Å². The van der Waals surface area contributed by atoms with E-state index in [1.165, 1.54) is 6.07 Å². The zero-order chi connectivity index (χ0) is 21.1. The van der Waals surface area contributed by atoms with Crippen molar-refractivity contribution in [3.05, 3.63) is 53.3 Å². The Morgan fingerprint density at radius 3 is 2.52 bits per heavy atom. The van der Waals surface area contributed by atoms with Crippen LogP contribution in [0.4, 0.5) is 8.78 Å². The summed E-state index contributed by atoms with van der Waals surface area (Å²) in [5.41, 5.74) is 1.96. The second-order valence-electron chi connectivity index (χ2n) is 6.93. The van der Waals surface area contributed by atoms with Crippen molar-refractivity contribution in [3.8, 4) is 11.5 Å². The van der Waals surface area contributed by atoms with E-state index >= 15 is 0 Å². The number of fused-ring (bicyclic) bond motifs is 1. The number of halogens is 2. The number of nitrogens with one attached hydrogen (secondary N) is 2. The Bertz CT molecular complexity index is 1020. The quantitative estimate of drug-likeness (QED) is 0.595. The second kappa shape index (κ2) is 8.46. The maximum Gasteiger partial charge on any atom is 0.295 e. The largest absolute Gasteiger partial charge is 0.493 e. The lowest BCUT2D eigenvalue weighted by molar-refractivity contribution is 0.0940. The van der Waals surface area contributed by atoms with Crippen LogP contribution in [0.2, 0.25) is 0 Å². The molecule has 8 heteroatoms. The summed E-state index contributed by atoms with van der Waals surface area (Å²) in [7, 11) is 1.56. The number of nitrogens with zero attached hydrogens (tertiary/aromatic N) is 1. The van der Waals surface area contributed by atoms with Gasteiger partial charge in [0.15, 0.2) is 17.3 Å². The summed E-state index contributed by atoms with van der Waals surface area (Å²) in [6.07, 6.45) is -2.69. The molecular formula is C21H23F2N3O3. The van der Waals surface area contributed by atoms with Gasteiger partial charge >= 0.3 is 0 Å². The van der Waals surface area contributed by atoms with E-state index < -0.39 is 12.2 Å². The topological polar surface area (TPSA) is 76.2 Å². The highest BCUT2D eigenvalue weighted by Gasteiger charge is 2.17. The molecule has 0 aliphatic rings. The lowest BCUT2D eigenvalue weighted by Gasteiger charge is -2.18. The van der Waals surface area contributed by atoms with E-state index in [-0.39, 0.29) is 18.1 Å². The van der Waals surface area contributed by atoms with Crippen LogP contribution in [-0.2, 0) is 0 Å². The average molecular weight is 403 g/mol. The Morgan fingerprint density at radius 2 is 1.86 bits per heavy atom. The van der Waals surface area contributed by atoms with Crippen LogP contribution in [0.5, 0.6) is 11.5 Å². The first-order valence-electron chi connectivity index (χ1n) is 9.21. The highest BCUT2D eigenvalue weighted by atomic mass is 19.3. The van der Waals surface area contributed by atoms with Gasteiger partial charge < -0.3 is 19.8 Å². The molecule has 0 spiro atoms. The Morgan fingerprint density at radius 1 is 1.10 bits per heavy atom. The predicted octanol–water partition coefficient (Wildman–Crippen LogP) is 4.79. The first-order chi connectivity index (χ1) is 13.8. The first-order valence-corrected chi connectivity index (χ1v) is 9.21. The van der Waals surface area contributed by atoms with Gasteiger partial charge in [0.05, 0.1) is 30.3 Å². The van der Waals surface area contributed by atoms with Crippen LogP contribution in [0.1, 0.15) is 55.0 Å². The van der Waals surface area contributed by atoms with Crippen molar-refractivity contribution < 1.29 is 23.0 Å². The van der Waals surface area contributed by atoms with Crippen molar-refractivity contribution in [2.75, 3.05) is 7.11 Å². The number of rotatable bonds is 7. The van der Waals surface area contributed by atoms with Crippen molar-refractivity contribution in [1.82, 2.24) is 15.3 Å². The molecule has 1 unspecified atom stereocenters. The van der Waals surface area contributed by atoms with Crippen LogP contribution in [0.3, 0.4) is 0 Å². The molecule has 0 radical (unpaired) electrons. The molecular weight excluding hydrogens is 380 g/mol. The number of imidazole rings is 1. The molecule has 1 aromatic heterocycles. The van der Waals surface area contributed by atoms with Gasteiger partial charge in [-0.3, -0.25) is 4.79 Å². The maximum atomic E-state index is 12.8. The van der Waals surface area contributed by atoms with Gasteiger partial charge in [0.25, 0.3) is 12.3 Å². The lowest BCUT2D eigenvalue weighted by Crippen LogP contribution is -2.26. The fraction of sp³-hybridized carbons (Fsp3) is 0.333. The number of amides is 1. The molecule has 154 valence electrons. The predicted molar refractivity (Wildman–Crippen MR) is 106 cm³/mol. The van der Waals surface area contributed by atoms with Crippen molar-refractivity contribution in [3.63, 3.8) is 0 Å². The molecule has 0 saturated carbocycles. The molecule has 1 heterocycles. The van der Waals surface area contributed by atoms with Crippen LogP contribution >= 0.6 is 0 Å². The number of aromatic amines is 1. The highest BCUT2D eigenvalue weighted by Crippen LogP contribution is 2.31. The van der Waals surface area contributed by atoms with Gasteiger partial charge in [-0.15, -0.1) is 0 Å². The number of H-pyrrole nitrogens is 1. The van der Waals surface area contributed by atoms with Gasteiger partial charge in [0, 0.05) is 5.56 Å². The minimum atomic E-state index is -2.70. The van der Waals surface area contributed by atoms with Gasteiger partial charge in [-0.25, -0.2) is 13.8 Å². The summed E-state index contributed by atoms with van der Waals surface area (Å²) in [5.74, 6) is 0.468. The monoisotopic (exact) mass is 403 g/mol. The molecule has 0 bridgehead atoms. The summed E-state index contributed by atoms with van der Waals surface area (Å²) in [4.78, 5) is 19.0. The van der Waals surface area contributed by atoms with Gasteiger partial charge in [0.1, 0.15) is 0 Å². The van der Waals surface area contributed by atoms with E-state index in [0.717, 1.165) is 5.56 Å². The fourth-order valence-corrected chi connectivity index (χ4v) is 2.94. The van der Waals surface area contributed by atoms with Crippen LogP contribution in [0.25, 0.3) is 11.0 Å². The van der Waals surface area contributed by atoms with Crippen molar-refractivity contribution in [2.45, 2.75) is 39.3 Å². The Hall–Kier alpha value is -3.16. The molecule has 1 atom stereocenters. The molecule has 3 aromatic rings. The molecule has 3 rings (SSSR count). The minimum absolute atomic E-state index is 0.00913. The number of benzene rings is 2. The normalized spacial score (nSPS) is 12.4. The Kier molecular flexibility index (Phi) is 6.00.